The predicted octanol–water partition coefficient (Wildman–Crippen LogP) is 0.567. The zero-order chi connectivity index (χ0) is 14.1. The summed E-state index contributed by atoms with van der Waals surface area (Å²) in [4.78, 5) is 15.0. The highest BCUT2D eigenvalue weighted by atomic mass is 16.5. The van der Waals surface area contributed by atoms with E-state index in [0.29, 0.717) is 18.7 Å². The normalized spacial score (nSPS) is 18.0. The summed E-state index contributed by atoms with van der Waals surface area (Å²) in [6.45, 7) is 0. The quantitative estimate of drug-likeness (QED) is 0.761. The van der Waals surface area contributed by atoms with Crippen molar-refractivity contribution in [2.75, 3.05) is 12.0 Å². The fraction of sp³-hybridized carbons (Fsp3) is 0.385. The summed E-state index contributed by atoms with van der Waals surface area (Å²) in [6.07, 6.45) is 1.13. The van der Waals surface area contributed by atoms with Gasteiger partial charge in [-0.15, -0.1) is 10.2 Å². The smallest absolute Gasteiger partial charge is 0.229 e. The van der Waals surface area contributed by atoms with E-state index >= 15 is 0 Å². The van der Waals surface area contributed by atoms with Gasteiger partial charge in [0.25, 0.3) is 0 Å². The van der Waals surface area contributed by atoms with Crippen molar-refractivity contribution in [2.45, 2.75) is 18.9 Å². The molecule has 2 heterocycles. The number of amides is 1. The SMILES string of the molecule is COc1ccc(N2C(=O)C[C@@H]2Cc2nnn(C)n2)cc1. The predicted molar refractivity (Wildman–Crippen MR) is 71.4 cm³/mol. The summed E-state index contributed by atoms with van der Waals surface area (Å²) >= 11 is 0. The van der Waals surface area contributed by atoms with Gasteiger partial charge in [-0.3, -0.25) is 4.79 Å². The number of aromatic nitrogens is 4. The topological polar surface area (TPSA) is 73.1 Å². The first-order valence-corrected chi connectivity index (χ1v) is 6.36. The second-order valence-electron chi connectivity index (χ2n) is 4.72. The molecule has 1 aliphatic heterocycles. The Hall–Kier alpha value is -2.44. The van der Waals surface area contributed by atoms with Gasteiger partial charge in [0.05, 0.1) is 20.2 Å². The zero-order valence-electron chi connectivity index (χ0n) is 11.4. The van der Waals surface area contributed by atoms with Crippen LogP contribution < -0.4 is 9.64 Å². The standard InChI is InChI=1S/C13H15N5O2/c1-17-15-12(14-16-17)7-10-8-13(19)18(10)9-3-5-11(20-2)6-4-9/h3-6,10H,7-8H2,1-2H3/t10-/m0/s1. The Morgan fingerprint density at radius 3 is 2.65 bits per heavy atom. The van der Waals surface area contributed by atoms with Gasteiger partial charge in [0.2, 0.25) is 5.91 Å². The van der Waals surface area contributed by atoms with Gasteiger partial charge >= 0.3 is 0 Å². The number of ether oxygens (including phenoxy) is 1. The van der Waals surface area contributed by atoms with Crippen molar-refractivity contribution in [1.82, 2.24) is 20.2 Å². The van der Waals surface area contributed by atoms with E-state index in [0.717, 1.165) is 11.4 Å². The lowest BCUT2D eigenvalue weighted by molar-refractivity contribution is -0.124. The number of tetrazole rings is 1. The van der Waals surface area contributed by atoms with Gasteiger partial charge in [-0.05, 0) is 29.5 Å². The molecule has 0 bridgehead atoms. The van der Waals surface area contributed by atoms with Crippen LogP contribution in [0, 0.1) is 0 Å². The number of hydrogen-bond acceptors (Lipinski definition) is 5. The molecule has 1 aromatic heterocycles. The van der Waals surface area contributed by atoms with Crippen LogP contribution in [0.15, 0.2) is 24.3 Å². The van der Waals surface area contributed by atoms with Gasteiger partial charge in [-0.2, -0.15) is 4.80 Å². The lowest BCUT2D eigenvalue weighted by Gasteiger charge is -2.40. The fourth-order valence-electron chi connectivity index (χ4n) is 2.36. The fourth-order valence-corrected chi connectivity index (χ4v) is 2.36. The highest BCUT2D eigenvalue weighted by Crippen LogP contribution is 2.30. The lowest BCUT2D eigenvalue weighted by atomic mass is 9.97. The molecule has 1 aliphatic rings. The summed E-state index contributed by atoms with van der Waals surface area (Å²) in [6, 6.07) is 7.55. The average molecular weight is 273 g/mol. The second kappa shape index (κ2) is 4.92. The van der Waals surface area contributed by atoms with E-state index in [2.05, 4.69) is 15.4 Å². The number of anilines is 1. The van der Waals surface area contributed by atoms with E-state index in [1.165, 1.54) is 4.80 Å². The van der Waals surface area contributed by atoms with Gasteiger partial charge in [0.1, 0.15) is 5.75 Å². The second-order valence-corrected chi connectivity index (χ2v) is 4.72. The molecule has 1 amide bonds. The lowest BCUT2D eigenvalue weighted by Crippen LogP contribution is -2.54. The highest BCUT2D eigenvalue weighted by molar-refractivity contribution is 6.00. The molecule has 104 valence electrons. The van der Waals surface area contributed by atoms with Crippen molar-refractivity contribution in [3.63, 3.8) is 0 Å². The summed E-state index contributed by atoms with van der Waals surface area (Å²) in [5, 5.41) is 11.9. The Bertz CT molecular complexity index is 622. The van der Waals surface area contributed by atoms with E-state index in [1.54, 1.807) is 19.1 Å². The molecule has 0 unspecified atom stereocenters. The van der Waals surface area contributed by atoms with E-state index in [1.807, 2.05) is 24.3 Å². The van der Waals surface area contributed by atoms with Crippen LogP contribution in [-0.2, 0) is 18.3 Å². The van der Waals surface area contributed by atoms with Crippen LogP contribution in [-0.4, -0.2) is 39.3 Å². The summed E-state index contributed by atoms with van der Waals surface area (Å²) in [5.74, 6) is 1.54. The number of β-lactam (4-membered cyclic amide) rings is 1. The Morgan fingerprint density at radius 2 is 2.10 bits per heavy atom. The van der Waals surface area contributed by atoms with Crippen molar-refractivity contribution < 1.29 is 9.53 Å². The van der Waals surface area contributed by atoms with Crippen LogP contribution >= 0.6 is 0 Å². The van der Waals surface area contributed by atoms with Crippen LogP contribution in [0.5, 0.6) is 5.75 Å². The number of methoxy groups -OCH3 is 1. The van der Waals surface area contributed by atoms with E-state index < -0.39 is 0 Å². The van der Waals surface area contributed by atoms with Crippen molar-refractivity contribution >= 4 is 11.6 Å². The molecule has 7 heteroatoms. The molecule has 0 spiro atoms. The number of carbonyl (C=O) groups is 1. The molecule has 1 saturated heterocycles. The van der Waals surface area contributed by atoms with Crippen LogP contribution in [0.25, 0.3) is 0 Å². The first kappa shape index (κ1) is 12.6. The molecule has 0 radical (unpaired) electrons. The average Bonchev–Trinajstić information content (AvgIpc) is 2.84. The van der Waals surface area contributed by atoms with Crippen LogP contribution in [0.3, 0.4) is 0 Å². The van der Waals surface area contributed by atoms with Crippen LogP contribution in [0.2, 0.25) is 0 Å². The monoisotopic (exact) mass is 273 g/mol. The number of hydrogen-bond donors (Lipinski definition) is 0. The van der Waals surface area contributed by atoms with Crippen molar-refractivity contribution in [3.05, 3.63) is 30.1 Å². The number of nitrogens with zero attached hydrogens (tertiary/aromatic N) is 5. The first-order valence-electron chi connectivity index (χ1n) is 6.36. The molecule has 0 saturated carbocycles. The highest BCUT2D eigenvalue weighted by Gasteiger charge is 2.37. The molecule has 0 N–H and O–H groups in total. The maximum Gasteiger partial charge on any atom is 0.229 e. The minimum atomic E-state index is 0.0973. The van der Waals surface area contributed by atoms with Crippen molar-refractivity contribution in [3.8, 4) is 5.75 Å². The largest absolute Gasteiger partial charge is 0.497 e. The number of carbonyl (C=O) groups excluding carboxylic acids is 1. The Kier molecular flexibility index (Phi) is 3.09. The molecule has 1 aromatic carbocycles. The third-order valence-electron chi connectivity index (χ3n) is 3.36. The number of benzene rings is 1. The molecule has 2 aromatic rings. The summed E-state index contributed by atoms with van der Waals surface area (Å²) < 4.78 is 5.12. The molecule has 20 heavy (non-hydrogen) atoms. The minimum absolute atomic E-state index is 0.0973. The molecule has 7 nitrogen and oxygen atoms in total. The van der Waals surface area contributed by atoms with Crippen molar-refractivity contribution in [2.24, 2.45) is 7.05 Å². The zero-order valence-corrected chi connectivity index (χ0v) is 11.4. The summed E-state index contributed by atoms with van der Waals surface area (Å²) in [7, 11) is 3.34. The molecule has 1 atom stereocenters. The molecular formula is C13H15N5O2. The van der Waals surface area contributed by atoms with Crippen LogP contribution in [0.4, 0.5) is 5.69 Å². The minimum Gasteiger partial charge on any atom is -0.497 e. The van der Waals surface area contributed by atoms with Crippen LogP contribution in [0.1, 0.15) is 12.2 Å². The molecular weight excluding hydrogens is 258 g/mol. The number of rotatable bonds is 4. The molecule has 0 aliphatic carbocycles. The Labute approximate surface area is 116 Å². The van der Waals surface area contributed by atoms with E-state index in [4.69, 9.17) is 4.74 Å². The van der Waals surface area contributed by atoms with Crippen molar-refractivity contribution in [1.29, 1.82) is 0 Å². The number of aryl methyl sites for hydroxylation is 1. The molecule has 3 rings (SSSR count). The third kappa shape index (κ3) is 2.22. The van der Waals surface area contributed by atoms with Gasteiger partial charge < -0.3 is 9.64 Å². The third-order valence-corrected chi connectivity index (χ3v) is 3.36. The molecule has 1 fully saturated rings. The van der Waals surface area contributed by atoms with Gasteiger partial charge in [-0.25, -0.2) is 0 Å². The van der Waals surface area contributed by atoms with E-state index in [-0.39, 0.29) is 11.9 Å². The van der Waals surface area contributed by atoms with E-state index in [9.17, 15) is 4.79 Å². The Morgan fingerprint density at radius 1 is 1.35 bits per heavy atom. The van der Waals surface area contributed by atoms with Gasteiger partial charge in [0, 0.05) is 18.5 Å². The maximum atomic E-state index is 11.8. The first-order chi connectivity index (χ1) is 9.67. The van der Waals surface area contributed by atoms with Gasteiger partial charge in [0.15, 0.2) is 5.82 Å². The summed E-state index contributed by atoms with van der Waals surface area (Å²) in [5.41, 5.74) is 0.871. The maximum absolute atomic E-state index is 11.8. The van der Waals surface area contributed by atoms with Gasteiger partial charge in [-0.1, -0.05) is 0 Å². The Balaban J connectivity index is 1.75.